The van der Waals surface area contributed by atoms with Gasteiger partial charge >= 0.3 is 12.0 Å². The van der Waals surface area contributed by atoms with Crippen LogP contribution in [0.25, 0.3) is 0 Å². The highest BCUT2D eigenvalue weighted by Crippen LogP contribution is 2.37. The number of Topliss-reactive ketones (excluding diaryl/α,β-unsaturated/α-hetero) is 1. The highest BCUT2D eigenvalue weighted by molar-refractivity contribution is 6.09. The van der Waals surface area contributed by atoms with E-state index in [1.54, 1.807) is 6.07 Å². The molecule has 0 unspecified atom stereocenters. The van der Waals surface area contributed by atoms with Crippen LogP contribution in [0.3, 0.4) is 0 Å². The van der Waals surface area contributed by atoms with Crippen molar-refractivity contribution in [1.29, 1.82) is 0 Å². The molecular formula is C22H25N3O7. The molecule has 170 valence electrons. The Kier molecular flexibility index (Phi) is 5.86. The summed E-state index contributed by atoms with van der Waals surface area (Å²) in [5.74, 6) is -1.10. The topological polar surface area (TPSA) is 131 Å². The van der Waals surface area contributed by atoms with Crippen LogP contribution in [0.5, 0.6) is 5.75 Å². The van der Waals surface area contributed by atoms with Gasteiger partial charge in [-0.1, -0.05) is 13.3 Å². The lowest BCUT2D eigenvalue weighted by Crippen LogP contribution is -2.49. The quantitative estimate of drug-likeness (QED) is 0.388. The fourth-order valence-corrected chi connectivity index (χ4v) is 4.40. The first kappa shape index (κ1) is 21.8. The highest BCUT2D eigenvalue weighted by atomic mass is 16.5. The Morgan fingerprint density at radius 3 is 2.69 bits per heavy atom. The molecule has 0 bridgehead atoms. The van der Waals surface area contributed by atoms with Gasteiger partial charge in [-0.15, -0.1) is 0 Å². The van der Waals surface area contributed by atoms with E-state index in [1.165, 1.54) is 12.1 Å². The molecule has 3 aliphatic rings. The van der Waals surface area contributed by atoms with E-state index in [-0.39, 0.29) is 18.1 Å². The summed E-state index contributed by atoms with van der Waals surface area (Å²) in [5.41, 5.74) is -0.348. The molecule has 1 saturated carbocycles. The maximum atomic E-state index is 12.9. The number of nitrogens with zero attached hydrogens (tertiary/aromatic N) is 1. The standard InChI is InChI=1S/C22H25N3O7/c1-2-13-5-7-22(8-6-13)20(29)25(21(30)24-22)10-19(28)32-11-16(26)14-3-4-17-15(9-14)23-18(27)12-31-17/h3-4,9,13H,2,5-8,10-12H2,1H3,(H,23,27)(H,24,30). The second-order valence-corrected chi connectivity index (χ2v) is 8.39. The Balaban J connectivity index is 1.32. The van der Waals surface area contributed by atoms with E-state index in [0.717, 1.165) is 24.2 Å². The van der Waals surface area contributed by atoms with E-state index in [0.29, 0.717) is 30.2 Å². The summed E-state index contributed by atoms with van der Waals surface area (Å²) >= 11 is 0. The molecule has 0 aromatic heterocycles. The van der Waals surface area contributed by atoms with E-state index in [2.05, 4.69) is 17.6 Å². The molecule has 10 heteroatoms. The average Bonchev–Trinajstić information content (AvgIpc) is 3.01. The third-order valence-corrected chi connectivity index (χ3v) is 6.37. The highest BCUT2D eigenvalue weighted by Gasteiger charge is 2.52. The number of esters is 1. The zero-order valence-electron chi connectivity index (χ0n) is 17.8. The van der Waals surface area contributed by atoms with Crippen molar-refractivity contribution >= 4 is 35.3 Å². The average molecular weight is 443 g/mol. The number of hydrogen-bond acceptors (Lipinski definition) is 7. The van der Waals surface area contributed by atoms with Gasteiger partial charge in [0.25, 0.3) is 11.8 Å². The van der Waals surface area contributed by atoms with Gasteiger partial charge in [-0.25, -0.2) is 4.79 Å². The number of imide groups is 1. The van der Waals surface area contributed by atoms with Gasteiger partial charge in [0, 0.05) is 5.56 Å². The number of fused-ring (bicyclic) bond motifs is 1. The molecule has 2 fully saturated rings. The summed E-state index contributed by atoms with van der Waals surface area (Å²) in [4.78, 5) is 62.1. The van der Waals surface area contributed by atoms with Crippen LogP contribution in [0.4, 0.5) is 10.5 Å². The number of amides is 4. The molecule has 0 atom stereocenters. The Morgan fingerprint density at radius 2 is 1.97 bits per heavy atom. The van der Waals surface area contributed by atoms with Crippen LogP contribution in [-0.4, -0.2) is 59.8 Å². The molecule has 32 heavy (non-hydrogen) atoms. The maximum Gasteiger partial charge on any atom is 0.326 e. The number of nitrogens with one attached hydrogen (secondary N) is 2. The number of carbonyl (C=O) groups is 5. The molecule has 1 aromatic carbocycles. The first-order valence-electron chi connectivity index (χ1n) is 10.7. The summed E-state index contributed by atoms with van der Waals surface area (Å²) in [6, 6.07) is 3.87. The van der Waals surface area contributed by atoms with Crippen LogP contribution in [0.1, 0.15) is 49.4 Å². The summed E-state index contributed by atoms with van der Waals surface area (Å²) in [5, 5.41) is 5.36. The third kappa shape index (κ3) is 4.17. The minimum absolute atomic E-state index is 0.0961. The van der Waals surface area contributed by atoms with Gasteiger partial charge in [0.1, 0.15) is 17.8 Å². The molecule has 1 aromatic rings. The van der Waals surface area contributed by atoms with Crippen molar-refractivity contribution in [3.05, 3.63) is 23.8 Å². The van der Waals surface area contributed by atoms with Gasteiger partial charge in [-0.05, 0) is 49.8 Å². The van der Waals surface area contributed by atoms with Crippen LogP contribution in [0, 0.1) is 5.92 Å². The van der Waals surface area contributed by atoms with Crippen molar-refractivity contribution in [2.75, 3.05) is 25.1 Å². The van der Waals surface area contributed by atoms with E-state index in [9.17, 15) is 24.0 Å². The second-order valence-electron chi connectivity index (χ2n) is 8.39. The van der Waals surface area contributed by atoms with Crippen LogP contribution < -0.4 is 15.4 Å². The van der Waals surface area contributed by atoms with Gasteiger partial charge < -0.3 is 20.1 Å². The largest absolute Gasteiger partial charge is 0.482 e. The molecule has 4 rings (SSSR count). The minimum Gasteiger partial charge on any atom is -0.482 e. The van der Waals surface area contributed by atoms with E-state index in [1.807, 2.05) is 0 Å². The number of carbonyl (C=O) groups excluding carboxylic acids is 5. The lowest BCUT2D eigenvalue weighted by atomic mass is 9.75. The van der Waals surface area contributed by atoms with E-state index < -0.39 is 42.4 Å². The lowest BCUT2D eigenvalue weighted by Gasteiger charge is -2.34. The summed E-state index contributed by atoms with van der Waals surface area (Å²) in [7, 11) is 0. The minimum atomic E-state index is -0.936. The van der Waals surface area contributed by atoms with Crippen molar-refractivity contribution in [3.63, 3.8) is 0 Å². The first-order valence-corrected chi connectivity index (χ1v) is 10.7. The third-order valence-electron chi connectivity index (χ3n) is 6.37. The number of anilines is 1. The molecule has 1 spiro atoms. The summed E-state index contributed by atoms with van der Waals surface area (Å²) in [6.45, 7) is 0.904. The summed E-state index contributed by atoms with van der Waals surface area (Å²) < 4.78 is 10.3. The fraction of sp³-hybridized carbons (Fsp3) is 0.500. The van der Waals surface area contributed by atoms with Crippen LogP contribution in [-0.2, 0) is 19.1 Å². The van der Waals surface area contributed by atoms with Crippen molar-refractivity contribution < 1.29 is 33.4 Å². The second kappa shape index (κ2) is 8.60. The van der Waals surface area contributed by atoms with Gasteiger partial charge in [0.15, 0.2) is 19.0 Å². The lowest BCUT2D eigenvalue weighted by molar-refractivity contribution is -0.147. The molecule has 4 amide bonds. The van der Waals surface area contributed by atoms with Gasteiger partial charge in [-0.2, -0.15) is 0 Å². The fourth-order valence-electron chi connectivity index (χ4n) is 4.40. The van der Waals surface area contributed by atoms with Gasteiger partial charge in [0.05, 0.1) is 5.69 Å². The van der Waals surface area contributed by atoms with Crippen molar-refractivity contribution in [2.45, 2.75) is 44.6 Å². The van der Waals surface area contributed by atoms with Crippen LogP contribution in [0.2, 0.25) is 0 Å². The number of benzene rings is 1. The first-order chi connectivity index (χ1) is 15.3. The van der Waals surface area contributed by atoms with Crippen LogP contribution >= 0.6 is 0 Å². The SMILES string of the molecule is CCC1CCC2(CC1)NC(=O)N(CC(=O)OCC(=O)c1ccc3c(c1)NC(=O)CO3)C2=O. The zero-order chi connectivity index (χ0) is 22.9. The van der Waals surface area contributed by atoms with Crippen molar-refractivity contribution in [3.8, 4) is 5.75 Å². The Morgan fingerprint density at radius 1 is 1.22 bits per heavy atom. The maximum absolute atomic E-state index is 12.9. The Labute approximate surface area is 184 Å². The van der Waals surface area contributed by atoms with Crippen molar-refractivity contribution in [2.24, 2.45) is 5.92 Å². The summed E-state index contributed by atoms with van der Waals surface area (Å²) in [6.07, 6.45) is 3.84. The smallest absolute Gasteiger partial charge is 0.326 e. The molecule has 2 N–H and O–H groups in total. The number of urea groups is 1. The predicted octanol–water partition coefficient (Wildman–Crippen LogP) is 1.63. The molecule has 1 aliphatic carbocycles. The van der Waals surface area contributed by atoms with E-state index in [4.69, 9.17) is 9.47 Å². The molecule has 0 radical (unpaired) electrons. The Bertz CT molecular complexity index is 982. The van der Waals surface area contributed by atoms with Crippen LogP contribution in [0.15, 0.2) is 18.2 Å². The number of ether oxygens (including phenoxy) is 2. The predicted molar refractivity (Wildman–Crippen MR) is 111 cm³/mol. The molecule has 10 nitrogen and oxygen atoms in total. The van der Waals surface area contributed by atoms with Crippen molar-refractivity contribution in [1.82, 2.24) is 10.2 Å². The van der Waals surface area contributed by atoms with Gasteiger partial charge in [-0.3, -0.25) is 24.1 Å². The normalized spacial score (nSPS) is 24.5. The molecule has 2 aliphatic heterocycles. The van der Waals surface area contributed by atoms with Gasteiger partial charge in [0.2, 0.25) is 0 Å². The zero-order valence-corrected chi connectivity index (χ0v) is 17.8. The molecule has 2 heterocycles. The monoisotopic (exact) mass is 443 g/mol. The Hall–Kier alpha value is -3.43. The number of rotatable bonds is 6. The van der Waals surface area contributed by atoms with E-state index >= 15 is 0 Å². The molecular weight excluding hydrogens is 418 g/mol. The number of hydrogen-bond donors (Lipinski definition) is 2. The number of ketones is 1. The molecule has 1 saturated heterocycles.